The van der Waals surface area contributed by atoms with Crippen LogP contribution in [-0.4, -0.2) is 45.3 Å². The molecule has 2 atom stereocenters. The number of carboxylic acids is 1. The van der Waals surface area contributed by atoms with Crippen LogP contribution in [0.25, 0.3) is 11.0 Å². The van der Waals surface area contributed by atoms with Gasteiger partial charge in [0.1, 0.15) is 5.82 Å². The maximum atomic E-state index is 12.0. The fourth-order valence-corrected chi connectivity index (χ4v) is 4.82. The van der Waals surface area contributed by atoms with E-state index in [1.165, 1.54) is 12.7 Å². The van der Waals surface area contributed by atoms with Crippen molar-refractivity contribution in [1.29, 1.82) is 0 Å². The maximum Gasteiger partial charge on any atom is 0.409 e. The Hall–Kier alpha value is -2.57. The van der Waals surface area contributed by atoms with E-state index in [4.69, 9.17) is 9.72 Å². The molecule has 1 N–H and O–H groups in total. The summed E-state index contributed by atoms with van der Waals surface area (Å²) in [6.07, 6.45) is 3.77. The van der Waals surface area contributed by atoms with Gasteiger partial charge in [-0.1, -0.05) is 12.5 Å². The number of ether oxygens (including phenoxy) is 1. The third-order valence-electron chi connectivity index (χ3n) is 6.29. The summed E-state index contributed by atoms with van der Waals surface area (Å²) in [5.74, 6) is 0.174. The molecular formula is C21H27N3O4. The van der Waals surface area contributed by atoms with Crippen LogP contribution < -0.4 is 0 Å². The van der Waals surface area contributed by atoms with Crippen LogP contribution in [-0.2, 0) is 29.0 Å². The molecule has 1 aliphatic heterocycles. The molecule has 1 aromatic heterocycles. The lowest BCUT2D eigenvalue weighted by Crippen LogP contribution is -2.35. The number of benzene rings is 1. The maximum absolute atomic E-state index is 12.0. The SMILES string of the molecule is CCn1c([C@@H]2CCC[C@@H](C(=O)O)C2)nc2c3c(ccc21)CCN(C(=O)OC)C3. The molecule has 28 heavy (non-hydrogen) atoms. The number of methoxy groups -OCH3 is 1. The molecule has 2 aliphatic rings. The Balaban J connectivity index is 1.75. The van der Waals surface area contributed by atoms with Gasteiger partial charge >= 0.3 is 12.1 Å². The van der Waals surface area contributed by atoms with Gasteiger partial charge in [0.05, 0.1) is 30.6 Å². The molecule has 0 spiro atoms. The van der Waals surface area contributed by atoms with Crippen LogP contribution in [0.15, 0.2) is 12.1 Å². The monoisotopic (exact) mass is 385 g/mol. The summed E-state index contributed by atoms with van der Waals surface area (Å²) >= 11 is 0. The summed E-state index contributed by atoms with van der Waals surface area (Å²) in [5, 5.41) is 9.46. The van der Waals surface area contributed by atoms with E-state index in [2.05, 4.69) is 23.6 Å². The molecule has 2 heterocycles. The molecule has 1 aliphatic carbocycles. The van der Waals surface area contributed by atoms with Crippen molar-refractivity contribution in [3.8, 4) is 0 Å². The number of carboxylic acid groups (broad SMARTS) is 1. The molecule has 0 unspecified atom stereocenters. The summed E-state index contributed by atoms with van der Waals surface area (Å²) in [4.78, 5) is 30.3. The first-order chi connectivity index (χ1) is 13.5. The van der Waals surface area contributed by atoms with Crippen molar-refractivity contribution in [3.05, 3.63) is 29.1 Å². The molecule has 4 rings (SSSR count). The Morgan fingerprint density at radius 3 is 2.86 bits per heavy atom. The predicted molar refractivity (Wildman–Crippen MR) is 104 cm³/mol. The molecule has 0 radical (unpaired) electrons. The first kappa shape index (κ1) is 18.8. The summed E-state index contributed by atoms with van der Waals surface area (Å²) in [7, 11) is 1.41. The minimum atomic E-state index is -0.699. The van der Waals surface area contributed by atoms with Gasteiger partial charge in [-0.25, -0.2) is 9.78 Å². The fraction of sp³-hybridized carbons (Fsp3) is 0.571. The van der Waals surface area contributed by atoms with E-state index in [-0.39, 0.29) is 17.9 Å². The van der Waals surface area contributed by atoms with Gasteiger partial charge in [-0.15, -0.1) is 0 Å². The van der Waals surface area contributed by atoms with Crippen LogP contribution in [0, 0.1) is 5.92 Å². The van der Waals surface area contributed by atoms with Crippen molar-refractivity contribution in [2.24, 2.45) is 5.92 Å². The summed E-state index contributed by atoms with van der Waals surface area (Å²) in [6.45, 7) is 4.04. The standard InChI is InChI=1S/C21H27N3O4/c1-3-24-17-8-7-13-9-10-23(21(27)28-2)12-16(13)18(17)22-19(24)14-5-4-6-15(11-14)20(25)26/h7-8,14-15H,3-6,9-12H2,1-2H3,(H,25,26)/t14-,15-/m1/s1. The highest BCUT2D eigenvalue weighted by Gasteiger charge is 2.32. The topological polar surface area (TPSA) is 84.7 Å². The number of nitrogens with zero attached hydrogens (tertiary/aromatic N) is 3. The van der Waals surface area contributed by atoms with Gasteiger partial charge in [0.15, 0.2) is 0 Å². The van der Waals surface area contributed by atoms with Gasteiger partial charge in [0.2, 0.25) is 0 Å². The van der Waals surface area contributed by atoms with Crippen molar-refractivity contribution < 1.29 is 19.4 Å². The molecule has 7 heteroatoms. The number of fused-ring (bicyclic) bond motifs is 3. The van der Waals surface area contributed by atoms with Gasteiger partial charge in [0, 0.05) is 24.6 Å². The zero-order valence-electron chi connectivity index (χ0n) is 16.5. The first-order valence-electron chi connectivity index (χ1n) is 10.1. The minimum absolute atomic E-state index is 0.165. The average molecular weight is 385 g/mol. The number of carbonyl (C=O) groups is 2. The number of imidazole rings is 1. The Morgan fingerprint density at radius 2 is 2.14 bits per heavy atom. The number of hydrogen-bond acceptors (Lipinski definition) is 4. The van der Waals surface area contributed by atoms with E-state index in [1.807, 2.05) is 0 Å². The number of hydrogen-bond donors (Lipinski definition) is 1. The Kier molecular flexibility index (Phi) is 5.00. The van der Waals surface area contributed by atoms with Crippen molar-refractivity contribution in [2.45, 2.75) is 58.0 Å². The van der Waals surface area contributed by atoms with Gasteiger partial charge in [-0.2, -0.15) is 0 Å². The van der Waals surface area contributed by atoms with Gasteiger partial charge in [-0.3, -0.25) is 4.79 Å². The second-order valence-electron chi connectivity index (χ2n) is 7.83. The second kappa shape index (κ2) is 7.45. The molecule has 1 amide bonds. The van der Waals surface area contributed by atoms with Crippen molar-refractivity contribution in [1.82, 2.24) is 14.5 Å². The molecule has 1 saturated carbocycles. The number of rotatable bonds is 3. The average Bonchev–Trinajstić information content (AvgIpc) is 3.12. The van der Waals surface area contributed by atoms with Crippen LogP contribution in [0.1, 0.15) is 55.5 Å². The molecular weight excluding hydrogens is 358 g/mol. The molecule has 0 saturated heterocycles. The minimum Gasteiger partial charge on any atom is -0.481 e. The molecule has 1 aromatic carbocycles. The predicted octanol–water partition coefficient (Wildman–Crippen LogP) is 3.54. The number of carbonyl (C=O) groups excluding carboxylic acids is 1. The highest BCUT2D eigenvalue weighted by Crippen LogP contribution is 2.38. The van der Waals surface area contributed by atoms with Crippen LogP contribution in [0.5, 0.6) is 0 Å². The molecule has 7 nitrogen and oxygen atoms in total. The quantitative estimate of drug-likeness (QED) is 0.874. The lowest BCUT2D eigenvalue weighted by atomic mass is 9.81. The first-order valence-corrected chi connectivity index (χ1v) is 10.1. The number of amides is 1. The van der Waals surface area contributed by atoms with E-state index < -0.39 is 5.97 Å². The van der Waals surface area contributed by atoms with Crippen LogP contribution >= 0.6 is 0 Å². The Morgan fingerprint density at radius 1 is 1.32 bits per heavy atom. The van der Waals surface area contributed by atoms with Gasteiger partial charge in [-0.05, 0) is 44.2 Å². The van der Waals surface area contributed by atoms with E-state index in [9.17, 15) is 14.7 Å². The number of aryl methyl sites for hydroxylation is 1. The lowest BCUT2D eigenvalue weighted by molar-refractivity contribution is -0.143. The van der Waals surface area contributed by atoms with E-state index >= 15 is 0 Å². The third-order valence-corrected chi connectivity index (χ3v) is 6.29. The normalized spacial score (nSPS) is 22.1. The molecule has 0 bridgehead atoms. The van der Waals surface area contributed by atoms with Crippen LogP contribution in [0.4, 0.5) is 4.79 Å². The summed E-state index contributed by atoms with van der Waals surface area (Å²) in [6, 6.07) is 4.27. The fourth-order valence-electron chi connectivity index (χ4n) is 4.82. The zero-order chi connectivity index (χ0) is 19.8. The van der Waals surface area contributed by atoms with Crippen molar-refractivity contribution in [2.75, 3.05) is 13.7 Å². The smallest absolute Gasteiger partial charge is 0.409 e. The third kappa shape index (κ3) is 3.12. The van der Waals surface area contributed by atoms with E-state index in [0.29, 0.717) is 19.5 Å². The summed E-state index contributed by atoms with van der Waals surface area (Å²) in [5.41, 5.74) is 4.33. The number of aromatic nitrogens is 2. The zero-order valence-corrected chi connectivity index (χ0v) is 16.5. The van der Waals surface area contributed by atoms with Crippen molar-refractivity contribution >= 4 is 23.1 Å². The number of aliphatic carboxylic acids is 1. The van der Waals surface area contributed by atoms with Crippen molar-refractivity contribution in [3.63, 3.8) is 0 Å². The van der Waals surface area contributed by atoms with Gasteiger partial charge in [0.25, 0.3) is 0 Å². The van der Waals surface area contributed by atoms with Gasteiger partial charge < -0.3 is 19.3 Å². The van der Waals surface area contributed by atoms with E-state index in [1.54, 1.807) is 4.90 Å². The largest absolute Gasteiger partial charge is 0.481 e. The highest BCUT2D eigenvalue weighted by molar-refractivity contribution is 5.82. The summed E-state index contributed by atoms with van der Waals surface area (Å²) < 4.78 is 7.13. The van der Waals surface area contributed by atoms with E-state index in [0.717, 1.165) is 54.6 Å². The van der Waals surface area contributed by atoms with Crippen LogP contribution in [0.3, 0.4) is 0 Å². The highest BCUT2D eigenvalue weighted by atomic mass is 16.5. The lowest BCUT2D eigenvalue weighted by Gasteiger charge is -2.27. The molecule has 150 valence electrons. The molecule has 2 aromatic rings. The van der Waals surface area contributed by atoms with Crippen LogP contribution in [0.2, 0.25) is 0 Å². The Bertz CT molecular complexity index is 920. The Labute approximate surface area is 164 Å². The molecule has 1 fully saturated rings. The second-order valence-corrected chi connectivity index (χ2v) is 7.83.